The van der Waals surface area contributed by atoms with Crippen LogP contribution in [-0.2, 0) is 21.4 Å². The molecular weight excluding hydrogens is 390 g/mol. The lowest BCUT2D eigenvalue weighted by Gasteiger charge is -2.16. The van der Waals surface area contributed by atoms with Crippen LogP contribution in [0.2, 0.25) is 5.02 Å². The van der Waals surface area contributed by atoms with E-state index in [1.165, 1.54) is 22.6 Å². The molecule has 1 saturated heterocycles. The number of hydrogen-bond acceptors (Lipinski definition) is 4. The molecule has 144 valence electrons. The Hall–Kier alpha value is -2.16. The van der Waals surface area contributed by atoms with Crippen LogP contribution in [0.5, 0.6) is 0 Å². The standard InChI is InChI=1S/C18H20ClN3O4S/c1-13-10-14(19)4-6-16(13)20-17(23)12-21-11-15(5-7-18(21)24)27(25,26)22-8-2-3-9-22/h4-7,10-11H,2-3,8-9,12H2,1H3,(H,20,23). The fraction of sp³-hybridized carbons (Fsp3) is 0.333. The highest BCUT2D eigenvalue weighted by molar-refractivity contribution is 7.89. The zero-order valence-corrected chi connectivity index (χ0v) is 16.4. The monoisotopic (exact) mass is 409 g/mol. The average molecular weight is 410 g/mol. The maximum atomic E-state index is 12.6. The molecular formula is C18H20ClN3O4S. The van der Waals surface area contributed by atoms with Gasteiger partial charge in [-0.15, -0.1) is 0 Å². The highest BCUT2D eigenvalue weighted by atomic mass is 35.5. The summed E-state index contributed by atoms with van der Waals surface area (Å²) in [6, 6.07) is 7.50. The third-order valence-corrected chi connectivity index (χ3v) is 6.55. The van der Waals surface area contributed by atoms with Crippen molar-refractivity contribution in [3.05, 3.63) is 57.5 Å². The van der Waals surface area contributed by atoms with Gasteiger partial charge in [0.2, 0.25) is 15.9 Å². The number of sulfonamides is 1. The zero-order valence-electron chi connectivity index (χ0n) is 14.8. The van der Waals surface area contributed by atoms with Gasteiger partial charge in [-0.2, -0.15) is 4.31 Å². The quantitative estimate of drug-likeness (QED) is 0.820. The second kappa shape index (κ2) is 7.84. The van der Waals surface area contributed by atoms with E-state index in [2.05, 4.69) is 5.32 Å². The summed E-state index contributed by atoms with van der Waals surface area (Å²) in [4.78, 5) is 24.4. The highest BCUT2D eigenvalue weighted by Gasteiger charge is 2.27. The van der Waals surface area contributed by atoms with E-state index >= 15 is 0 Å². The summed E-state index contributed by atoms with van der Waals surface area (Å²) in [5, 5.41) is 3.27. The van der Waals surface area contributed by atoms with E-state index in [-0.39, 0.29) is 11.4 Å². The van der Waals surface area contributed by atoms with Crippen LogP contribution >= 0.6 is 11.6 Å². The van der Waals surface area contributed by atoms with Gasteiger partial charge in [0, 0.05) is 36.1 Å². The first-order valence-corrected chi connectivity index (χ1v) is 10.4. The molecule has 1 amide bonds. The molecule has 1 aliphatic rings. The summed E-state index contributed by atoms with van der Waals surface area (Å²) in [6.45, 7) is 2.46. The molecule has 2 aromatic rings. The van der Waals surface area contributed by atoms with Gasteiger partial charge in [0.15, 0.2) is 0 Å². The van der Waals surface area contributed by atoms with Gasteiger partial charge in [0.1, 0.15) is 6.54 Å². The van der Waals surface area contributed by atoms with Gasteiger partial charge in [-0.25, -0.2) is 8.42 Å². The van der Waals surface area contributed by atoms with E-state index in [1.807, 2.05) is 0 Å². The number of halogens is 1. The van der Waals surface area contributed by atoms with Crippen molar-refractivity contribution in [1.82, 2.24) is 8.87 Å². The number of nitrogens with one attached hydrogen (secondary N) is 1. The lowest BCUT2D eigenvalue weighted by atomic mass is 10.2. The van der Waals surface area contributed by atoms with Crippen molar-refractivity contribution < 1.29 is 13.2 Å². The number of amides is 1. The first-order valence-electron chi connectivity index (χ1n) is 8.54. The number of hydrogen-bond donors (Lipinski definition) is 1. The smallest absolute Gasteiger partial charge is 0.251 e. The summed E-state index contributed by atoms with van der Waals surface area (Å²) in [6.07, 6.45) is 2.87. The number of carbonyl (C=O) groups excluding carboxylic acids is 1. The molecule has 1 aliphatic heterocycles. The molecule has 0 radical (unpaired) electrons. The minimum absolute atomic E-state index is 0.0134. The largest absolute Gasteiger partial charge is 0.324 e. The van der Waals surface area contributed by atoms with Crippen LogP contribution in [0.15, 0.2) is 46.2 Å². The molecule has 3 rings (SSSR count). The number of aromatic nitrogens is 1. The van der Waals surface area contributed by atoms with Crippen LogP contribution in [0.25, 0.3) is 0 Å². The Morgan fingerprint density at radius 2 is 1.89 bits per heavy atom. The second-order valence-corrected chi connectivity index (χ2v) is 8.82. The summed E-state index contributed by atoms with van der Waals surface area (Å²) in [5.74, 6) is -0.432. The van der Waals surface area contributed by atoms with Crippen LogP contribution in [-0.4, -0.2) is 36.3 Å². The van der Waals surface area contributed by atoms with Crippen LogP contribution in [0, 0.1) is 6.92 Å². The number of nitrogens with zero attached hydrogens (tertiary/aromatic N) is 2. The lowest BCUT2D eigenvalue weighted by Crippen LogP contribution is -2.31. The maximum Gasteiger partial charge on any atom is 0.251 e. The van der Waals surface area contributed by atoms with E-state index in [4.69, 9.17) is 11.6 Å². The first kappa shape index (κ1) is 19.6. The Morgan fingerprint density at radius 3 is 2.56 bits per heavy atom. The minimum atomic E-state index is -3.66. The van der Waals surface area contributed by atoms with Crippen molar-refractivity contribution in [2.75, 3.05) is 18.4 Å². The highest BCUT2D eigenvalue weighted by Crippen LogP contribution is 2.21. The van der Waals surface area contributed by atoms with Crippen LogP contribution < -0.4 is 10.9 Å². The maximum absolute atomic E-state index is 12.6. The lowest BCUT2D eigenvalue weighted by molar-refractivity contribution is -0.116. The number of aryl methyl sites for hydroxylation is 1. The molecule has 1 N–H and O–H groups in total. The Kier molecular flexibility index (Phi) is 5.69. The van der Waals surface area contributed by atoms with Crippen molar-refractivity contribution >= 4 is 33.2 Å². The topological polar surface area (TPSA) is 88.5 Å². The molecule has 1 fully saturated rings. The van der Waals surface area contributed by atoms with E-state index in [1.54, 1.807) is 25.1 Å². The summed E-state index contributed by atoms with van der Waals surface area (Å²) < 4.78 is 27.8. The predicted octanol–water partition coefficient (Wildman–Crippen LogP) is 2.23. The minimum Gasteiger partial charge on any atom is -0.324 e. The van der Waals surface area contributed by atoms with E-state index in [0.29, 0.717) is 23.8 Å². The van der Waals surface area contributed by atoms with Gasteiger partial charge in [-0.1, -0.05) is 11.6 Å². The van der Waals surface area contributed by atoms with Crippen molar-refractivity contribution in [1.29, 1.82) is 0 Å². The Morgan fingerprint density at radius 1 is 1.19 bits per heavy atom. The normalized spacial score (nSPS) is 15.0. The number of benzene rings is 1. The van der Waals surface area contributed by atoms with Gasteiger partial charge < -0.3 is 9.88 Å². The molecule has 0 atom stereocenters. The molecule has 0 saturated carbocycles. The summed E-state index contributed by atoms with van der Waals surface area (Å²) in [7, 11) is -3.66. The third-order valence-electron chi connectivity index (χ3n) is 4.44. The summed E-state index contributed by atoms with van der Waals surface area (Å²) >= 11 is 5.90. The van der Waals surface area contributed by atoms with Crippen molar-refractivity contribution in [3.8, 4) is 0 Å². The molecule has 0 aliphatic carbocycles. The van der Waals surface area contributed by atoms with E-state index in [0.717, 1.165) is 23.0 Å². The van der Waals surface area contributed by atoms with E-state index in [9.17, 15) is 18.0 Å². The zero-order chi connectivity index (χ0) is 19.6. The Bertz CT molecular complexity index is 1030. The van der Waals surface area contributed by atoms with Gasteiger partial charge in [0.25, 0.3) is 5.56 Å². The number of pyridine rings is 1. The molecule has 9 heteroatoms. The fourth-order valence-electron chi connectivity index (χ4n) is 2.97. The molecule has 1 aromatic carbocycles. The molecule has 1 aromatic heterocycles. The van der Waals surface area contributed by atoms with Crippen LogP contribution in [0.4, 0.5) is 5.69 Å². The third kappa shape index (κ3) is 4.40. The molecule has 0 spiro atoms. The fourth-order valence-corrected chi connectivity index (χ4v) is 4.74. The number of carbonyl (C=O) groups is 1. The first-order chi connectivity index (χ1) is 12.8. The van der Waals surface area contributed by atoms with Gasteiger partial charge >= 0.3 is 0 Å². The SMILES string of the molecule is Cc1cc(Cl)ccc1NC(=O)Cn1cc(S(=O)(=O)N2CCCC2)ccc1=O. The number of anilines is 1. The van der Waals surface area contributed by atoms with Crippen LogP contribution in [0.1, 0.15) is 18.4 Å². The van der Waals surface area contributed by atoms with Crippen LogP contribution in [0.3, 0.4) is 0 Å². The molecule has 0 bridgehead atoms. The van der Waals surface area contributed by atoms with Gasteiger partial charge in [0.05, 0.1) is 4.90 Å². The molecule has 27 heavy (non-hydrogen) atoms. The number of rotatable bonds is 5. The Labute approximate surface area is 162 Å². The van der Waals surface area contributed by atoms with Crippen molar-refractivity contribution in [3.63, 3.8) is 0 Å². The van der Waals surface area contributed by atoms with E-state index < -0.39 is 21.5 Å². The molecule has 2 heterocycles. The average Bonchev–Trinajstić information content (AvgIpc) is 3.15. The molecule has 0 unspecified atom stereocenters. The van der Waals surface area contributed by atoms with Crippen molar-refractivity contribution in [2.45, 2.75) is 31.2 Å². The van der Waals surface area contributed by atoms with Gasteiger partial charge in [-0.05, 0) is 49.6 Å². The second-order valence-electron chi connectivity index (χ2n) is 6.45. The Balaban J connectivity index is 1.80. The molecule has 7 nitrogen and oxygen atoms in total. The van der Waals surface area contributed by atoms with Crippen molar-refractivity contribution in [2.24, 2.45) is 0 Å². The van der Waals surface area contributed by atoms with Gasteiger partial charge in [-0.3, -0.25) is 9.59 Å². The predicted molar refractivity (Wildman–Crippen MR) is 104 cm³/mol. The summed E-state index contributed by atoms with van der Waals surface area (Å²) in [5.41, 5.74) is 0.921.